The first-order valence-corrected chi connectivity index (χ1v) is 5.95. The molecule has 96 valence electrons. The summed E-state index contributed by atoms with van der Waals surface area (Å²) in [6, 6.07) is 13.6. The predicted molar refractivity (Wildman–Crippen MR) is 74.1 cm³/mol. The van der Waals surface area contributed by atoms with Crippen molar-refractivity contribution in [2.45, 2.75) is 13.5 Å². The van der Waals surface area contributed by atoms with E-state index in [1.54, 1.807) is 13.2 Å². The van der Waals surface area contributed by atoms with E-state index in [1.807, 2.05) is 37.3 Å². The lowest BCUT2D eigenvalue weighted by Crippen LogP contribution is -1.99. The second-order valence-corrected chi connectivity index (χ2v) is 4.22. The SMILES string of the molecule is COCc1cccc(Nc2nc(C)ccc2C#N)c1. The fourth-order valence-corrected chi connectivity index (χ4v) is 1.78. The number of benzene rings is 1. The highest BCUT2D eigenvalue weighted by Gasteiger charge is 2.05. The zero-order valence-electron chi connectivity index (χ0n) is 11.0. The van der Waals surface area contributed by atoms with E-state index in [-0.39, 0.29) is 0 Å². The average Bonchev–Trinajstić information content (AvgIpc) is 2.40. The summed E-state index contributed by atoms with van der Waals surface area (Å²) >= 11 is 0. The van der Waals surface area contributed by atoms with Crippen molar-refractivity contribution in [1.82, 2.24) is 4.98 Å². The molecule has 19 heavy (non-hydrogen) atoms. The minimum absolute atomic E-state index is 0.530. The minimum Gasteiger partial charge on any atom is -0.380 e. The van der Waals surface area contributed by atoms with Crippen molar-refractivity contribution in [3.8, 4) is 6.07 Å². The van der Waals surface area contributed by atoms with Gasteiger partial charge in [0.05, 0.1) is 12.2 Å². The van der Waals surface area contributed by atoms with Crippen molar-refractivity contribution in [1.29, 1.82) is 5.26 Å². The van der Waals surface area contributed by atoms with Crippen LogP contribution in [0.25, 0.3) is 0 Å². The van der Waals surface area contributed by atoms with Gasteiger partial charge in [-0.05, 0) is 36.8 Å². The predicted octanol–water partition coefficient (Wildman–Crippen LogP) is 3.15. The Balaban J connectivity index is 2.28. The van der Waals surface area contributed by atoms with Gasteiger partial charge in [-0.1, -0.05) is 12.1 Å². The number of pyridine rings is 1. The summed E-state index contributed by atoms with van der Waals surface area (Å²) in [5, 5.41) is 12.3. The van der Waals surface area contributed by atoms with Crippen LogP contribution in [0, 0.1) is 18.3 Å². The number of rotatable bonds is 4. The molecule has 1 N–H and O–H groups in total. The molecule has 0 unspecified atom stereocenters. The largest absolute Gasteiger partial charge is 0.380 e. The summed E-state index contributed by atoms with van der Waals surface area (Å²) in [4.78, 5) is 4.35. The Morgan fingerprint density at radius 1 is 1.32 bits per heavy atom. The molecule has 0 spiro atoms. The van der Waals surface area contributed by atoms with Crippen LogP contribution >= 0.6 is 0 Å². The number of hydrogen-bond acceptors (Lipinski definition) is 4. The first-order chi connectivity index (χ1) is 9.22. The second kappa shape index (κ2) is 5.98. The quantitative estimate of drug-likeness (QED) is 0.909. The fourth-order valence-electron chi connectivity index (χ4n) is 1.78. The van der Waals surface area contributed by atoms with Gasteiger partial charge in [-0.25, -0.2) is 4.98 Å². The monoisotopic (exact) mass is 253 g/mol. The number of aromatic nitrogens is 1. The van der Waals surface area contributed by atoms with E-state index in [4.69, 9.17) is 10.00 Å². The third-order valence-electron chi connectivity index (χ3n) is 2.66. The molecule has 0 saturated heterocycles. The lowest BCUT2D eigenvalue weighted by Gasteiger charge is -2.09. The number of methoxy groups -OCH3 is 1. The third kappa shape index (κ3) is 3.30. The van der Waals surface area contributed by atoms with Crippen LogP contribution in [0.5, 0.6) is 0 Å². The molecule has 0 fully saturated rings. The van der Waals surface area contributed by atoms with Crippen molar-refractivity contribution in [2.75, 3.05) is 12.4 Å². The minimum atomic E-state index is 0.530. The molecule has 4 heteroatoms. The van der Waals surface area contributed by atoms with E-state index in [0.29, 0.717) is 18.0 Å². The molecule has 0 aliphatic rings. The summed E-state index contributed by atoms with van der Waals surface area (Å²) in [5.74, 6) is 0.581. The van der Waals surface area contributed by atoms with E-state index in [9.17, 15) is 0 Å². The van der Waals surface area contributed by atoms with Crippen LogP contribution in [0.4, 0.5) is 11.5 Å². The molecule has 1 heterocycles. The fraction of sp³-hybridized carbons (Fsp3) is 0.200. The van der Waals surface area contributed by atoms with Crippen LogP contribution in [0.15, 0.2) is 36.4 Å². The summed E-state index contributed by atoms with van der Waals surface area (Å²) in [6.45, 7) is 2.45. The van der Waals surface area contributed by atoms with Gasteiger partial charge in [-0.15, -0.1) is 0 Å². The van der Waals surface area contributed by atoms with Crippen LogP contribution in [0.1, 0.15) is 16.8 Å². The van der Waals surface area contributed by atoms with Crippen molar-refractivity contribution in [3.05, 3.63) is 53.2 Å². The van der Waals surface area contributed by atoms with Gasteiger partial charge in [-0.3, -0.25) is 0 Å². The van der Waals surface area contributed by atoms with Crippen molar-refractivity contribution >= 4 is 11.5 Å². The maximum absolute atomic E-state index is 9.08. The van der Waals surface area contributed by atoms with Crippen LogP contribution in [-0.2, 0) is 11.3 Å². The van der Waals surface area contributed by atoms with Crippen molar-refractivity contribution in [3.63, 3.8) is 0 Å². The number of anilines is 2. The Bertz CT molecular complexity index is 617. The lowest BCUT2D eigenvalue weighted by atomic mass is 10.2. The zero-order chi connectivity index (χ0) is 13.7. The molecule has 0 atom stereocenters. The second-order valence-electron chi connectivity index (χ2n) is 4.22. The Hall–Kier alpha value is -2.38. The number of hydrogen-bond donors (Lipinski definition) is 1. The first-order valence-electron chi connectivity index (χ1n) is 5.95. The van der Waals surface area contributed by atoms with Gasteiger partial charge in [0.15, 0.2) is 0 Å². The zero-order valence-corrected chi connectivity index (χ0v) is 11.0. The van der Waals surface area contributed by atoms with Gasteiger partial charge in [0.25, 0.3) is 0 Å². The molecular formula is C15H15N3O. The molecule has 0 saturated carbocycles. The number of aryl methyl sites for hydroxylation is 1. The topological polar surface area (TPSA) is 57.9 Å². The average molecular weight is 253 g/mol. The molecule has 0 aliphatic carbocycles. The number of nitrogens with one attached hydrogen (secondary N) is 1. The lowest BCUT2D eigenvalue weighted by molar-refractivity contribution is 0.185. The Kier molecular flexibility index (Phi) is 4.11. The van der Waals surface area contributed by atoms with Crippen molar-refractivity contribution in [2.24, 2.45) is 0 Å². The van der Waals surface area contributed by atoms with Gasteiger partial charge in [0, 0.05) is 18.5 Å². The summed E-state index contributed by atoms with van der Waals surface area (Å²) < 4.78 is 5.10. The van der Waals surface area contributed by atoms with Crippen LogP contribution < -0.4 is 5.32 Å². The molecule has 2 aromatic rings. The standard InChI is InChI=1S/C15H15N3O/c1-11-6-7-13(9-16)15(17-11)18-14-5-3-4-12(8-14)10-19-2/h3-8H,10H2,1-2H3,(H,17,18). The maximum atomic E-state index is 9.08. The maximum Gasteiger partial charge on any atom is 0.148 e. The molecule has 4 nitrogen and oxygen atoms in total. The van der Waals surface area contributed by atoms with Gasteiger partial charge in [0.2, 0.25) is 0 Å². The summed E-state index contributed by atoms with van der Waals surface area (Å²) in [6.07, 6.45) is 0. The van der Waals surface area contributed by atoms with Gasteiger partial charge >= 0.3 is 0 Å². The molecule has 0 aliphatic heterocycles. The van der Waals surface area contributed by atoms with Crippen LogP contribution in [0.2, 0.25) is 0 Å². The van der Waals surface area contributed by atoms with Gasteiger partial charge in [-0.2, -0.15) is 5.26 Å². The summed E-state index contributed by atoms with van der Waals surface area (Å²) in [7, 11) is 1.66. The Morgan fingerprint density at radius 3 is 2.89 bits per heavy atom. The Morgan fingerprint density at radius 2 is 2.16 bits per heavy atom. The Labute approximate surface area is 112 Å². The number of nitrogens with zero attached hydrogens (tertiary/aromatic N) is 2. The van der Waals surface area contributed by atoms with Crippen LogP contribution in [-0.4, -0.2) is 12.1 Å². The molecular weight excluding hydrogens is 238 g/mol. The van der Waals surface area contributed by atoms with Gasteiger partial charge in [0.1, 0.15) is 11.9 Å². The molecule has 1 aromatic heterocycles. The number of ether oxygens (including phenoxy) is 1. The van der Waals surface area contributed by atoms with E-state index in [2.05, 4.69) is 16.4 Å². The highest BCUT2D eigenvalue weighted by molar-refractivity contribution is 5.63. The van der Waals surface area contributed by atoms with E-state index < -0.39 is 0 Å². The smallest absolute Gasteiger partial charge is 0.148 e. The number of nitriles is 1. The normalized spacial score (nSPS) is 9.95. The third-order valence-corrected chi connectivity index (χ3v) is 2.66. The van der Waals surface area contributed by atoms with Gasteiger partial charge < -0.3 is 10.1 Å². The van der Waals surface area contributed by atoms with E-state index in [0.717, 1.165) is 16.9 Å². The van der Waals surface area contributed by atoms with E-state index >= 15 is 0 Å². The first kappa shape index (κ1) is 13.1. The molecule has 0 radical (unpaired) electrons. The summed E-state index contributed by atoms with van der Waals surface area (Å²) in [5.41, 5.74) is 3.36. The van der Waals surface area contributed by atoms with Crippen LogP contribution in [0.3, 0.4) is 0 Å². The molecule has 0 bridgehead atoms. The molecule has 1 aromatic carbocycles. The highest BCUT2D eigenvalue weighted by Crippen LogP contribution is 2.20. The molecule has 0 amide bonds. The molecule has 2 rings (SSSR count). The highest BCUT2D eigenvalue weighted by atomic mass is 16.5. The van der Waals surface area contributed by atoms with Crippen molar-refractivity contribution < 1.29 is 4.74 Å². The van der Waals surface area contributed by atoms with E-state index in [1.165, 1.54) is 0 Å².